The molecule has 0 saturated carbocycles. The SMILES string of the molecule is Nc1ccc(C#Cc2ccc3c(c2)C(=O)c2ccccc2C3=O)cc1. The van der Waals surface area contributed by atoms with E-state index in [-0.39, 0.29) is 11.6 Å². The summed E-state index contributed by atoms with van der Waals surface area (Å²) in [6, 6.07) is 19.3. The lowest BCUT2D eigenvalue weighted by Crippen LogP contribution is -2.20. The Labute approximate surface area is 145 Å². The average molecular weight is 323 g/mol. The van der Waals surface area contributed by atoms with Gasteiger partial charge in [-0.15, -0.1) is 0 Å². The number of benzene rings is 3. The predicted octanol–water partition coefficient (Wildman–Crippen LogP) is 3.44. The molecule has 25 heavy (non-hydrogen) atoms. The average Bonchev–Trinajstić information content (AvgIpc) is 2.65. The monoisotopic (exact) mass is 323 g/mol. The molecule has 2 N–H and O–H groups in total. The molecule has 0 aliphatic heterocycles. The van der Waals surface area contributed by atoms with Crippen LogP contribution in [0.4, 0.5) is 5.69 Å². The van der Waals surface area contributed by atoms with Gasteiger partial charge < -0.3 is 5.73 Å². The van der Waals surface area contributed by atoms with Gasteiger partial charge in [0.15, 0.2) is 11.6 Å². The molecule has 0 atom stereocenters. The van der Waals surface area contributed by atoms with Crippen LogP contribution in [-0.4, -0.2) is 11.6 Å². The minimum Gasteiger partial charge on any atom is -0.399 e. The van der Waals surface area contributed by atoms with Crippen molar-refractivity contribution in [3.05, 3.63) is 100 Å². The molecule has 0 bridgehead atoms. The summed E-state index contributed by atoms with van der Waals surface area (Å²) < 4.78 is 0. The Bertz CT molecular complexity index is 1080. The van der Waals surface area contributed by atoms with Gasteiger partial charge in [-0.05, 0) is 42.5 Å². The van der Waals surface area contributed by atoms with Crippen LogP contribution in [0.1, 0.15) is 43.0 Å². The highest BCUT2D eigenvalue weighted by Gasteiger charge is 2.29. The summed E-state index contributed by atoms with van der Waals surface area (Å²) in [7, 11) is 0. The number of hydrogen-bond acceptors (Lipinski definition) is 3. The lowest BCUT2D eigenvalue weighted by atomic mass is 9.83. The van der Waals surface area contributed by atoms with Crippen molar-refractivity contribution in [2.75, 3.05) is 5.73 Å². The number of nitrogen functional groups attached to an aromatic ring is 1. The number of fused-ring (bicyclic) bond motifs is 2. The van der Waals surface area contributed by atoms with Gasteiger partial charge in [0.1, 0.15) is 0 Å². The van der Waals surface area contributed by atoms with E-state index >= 15 is 0 Å². The Hall–Kier alpha value is -3.64. The summed E-state index contributed by atoms with van der Waals surface area (Å²) >= 11 is 0. The molecule has 0 amide bonds. The third-order valence-corrected chi connectivity index (χ3v) is 4.19. The maximum absolute atomic E-state index is 12.7. The van der Waals surface area contributed by atoms with Crippen molar-refractivity contribution in [2.24, 2.45) is 0 Å². The molecule has 0 spiro atoms. The van der Waals surface area contributed by atoms with Gasteiger partial charge in [0, 0.05) is 39.1 Å². The molecule has 0 fully saturated rings. The van der Waals surface area contributed by atoms with Gasteiger partial charge in [0.25, 0.3) is 0 Å². The summed E-state index contributed by atoms with van der Waals surface area (Å²) in [4.78, 5) is 25.3. The molecule has 4 rings (SSSR count). The van der Waals surface area contributed by atoms with Gasteiger partial charge in [-0.25, -0.2) is 0 Å². The van der Waals surface area contributed by atoms with E-state index in [2.05, 4.69) is 11.8 Å². The summed E-state index contributed by atoms with van der Waals surface area (Å²) in [5.41, 5.74) is 9.62. The van der Waals surface area contributed by atoms with Crippen LogP contribution in [0.3, 0.4) is 0 Å². The largest absolute Gasteiger partial charge is 0.399 e. The smallest absolute Gasteiger partial charge is 0.194 e. The molecule has 0 heterocycles. The Morgan fingerprint density at radius 3 is 1.80 bits per heavy atom. The first-order valence-electron chi connectivity index (χ1n) is 7.83. The summed E-state index contributed by atoms with van der Waals surface area (Å²) in [5, 5.41) is 0. The Kier molecular flexibility index (Phi) is 3.45. The second-order valence-corrected chi connectivity index (χ2v) is 5.84. The van der Waals surface area contributed by atoms with E-state index in [1.165, 1.54) is 0 Å². The van der Waals surface area contributed by atoms with Gasteiger partial charge >= 0.3 is 0 Å². The number of ketones is 2. The molecule has 118 valence electrons. The lowest BCUT2D eigenvalue weighted by Gasteiger charge is -2.17. The first-order valence-corrected chi connectivity index (χ1v) is 7.83. The van der Waals surface area contributed by atoms with Gasteiger partial charge in [-0.3, -0.25) is 9.59 Å². The number of rotatable bonds is 0. The second-order valence-electron chi connectivity index (χ2n) is 5.84. The van der Waals surface area contributed by atoms with E-state index < -0.39 is 0 Å². The van der Waals surface area contributed by atoms with E-state index in [0.717, 1.165) is 5.56 Å². The van der Waals surface area contributed by atoms with Gasteiger partial charge in [0.05, 0.1) is 0 Å². The maximum Gasteiger partial charge on any atom is 0.194 e. The zero-order valence-corrected chi connectivity index (χ0v) is 13.2. The number of nitrogens with two attached hydrogens (primary N) is 1. The molecule has 0 aromatic heterocycles. The molecule has 0 unspecified atom stereocenters. The molecule has 1 aliphatic rings. The normalized spacial score (nSPS) is 12.0. The van der Waals surface area contributed by atoms with E-state index in [0.29, 0.717) is 33.5 Å². The Morgan fingerprint density at radius 1 is 0.600 bits per heavy atom. The number of anilines is 1. The predicted molar refractivity (Wildman–Crippen MR) is 96.6 cm³/mol. The van der Waals surface area contributed by atoms with Crippen LogP contribution < -0.4 is 5.73 Å². The minimum atomic E-state index is -0.138. The number of carbonyl (C=O) groups excluding carboxylic acids is 2. The highest BCUT2D eigenvalue weighted by Crippen LogP contribution is 2.27. The summed E-state index contributed by atoms with van der Waals surface area (Å²) in [6.45, 7) is 0. The molecule has 3 nitrogen and oxygen atoms in total. The van der Waals surface area contributed by atoms with Crippen molar-refractivity contribution < 1.29 is 9.59 Å². The van der Waals surface area contributed by atoms with Crippen molar-refractivity contribution in [1.82, 2.24) is 0 Å². The van der Waals surface area contributed by atoms with Crippen LogP contribution in [0.15, 0.2) is 66.7 Å². The van der Waals surface area contributed by atoms with Crippen LogP contribution in [0.5, 0.6) is 0 Å². The van der Waals surface area contributed by atoms with Crippen LogP contribution in [0.2, 0.25) is 0 Å². The van der Waals surface area contributed by atoms with Gasteiger partial charge in [-0.2, -0.15) is 0 Å². The number of hydrogen-bond donors (Lipinski definition) is 1. The van der Waals surface area contributed by atoms with Crippen LogP contribution in [0, 0.1) is 11.8 Å². The fraction of sp³-hybridized carbons (Fsp3) is 0. The molecule has 0 saturated heterocycles. The third kappa shape index (κ3) is 2.60. The first kappa shape index (κ1) is 14.9. The van der Waals surface area contributed by atoms with Crippen molar-refractivity contribution >= 4 is 17.3 Å². The molecule has 0 radical (unpaired) electrons. The standard InChI is InChI=1S/C22H13NO2/c23-16-10-7-14(8-11-16)5-6-15-9-12-19-20(13-15)22(25)18-4-2-1-3-17(18)21(19)24/h1-4,7-13H,23H2. The van der Waals surface area contributed by atoms with E-state index in [9.17, 15) is 9.59 Å². The van der Waals surface area contributed by atoms with Gasteiger partial charge in [0.2, 0.25) is 0 Å². The van der Waals surface area contributed by atoms with Crippen molar-refractivity contribution in [2.45, 2.75) is 0 Å². The lowest BCUT2D eigenvalue weighted by molar-refractivity contribution is 0.0979. The first-order chi connectivity index (χ1) is 12.1. The minimum absolute atomic E-state index is 0.122. The van der Waals surface area contributed by atoms with E-state index in [1.807, 2.05) is 12.1 Å². The molecular weight excluding hydrogens is 310 g/mol. The van der Waals surface area contributed by atoms with Crippen molar-refractivity contribution in [3.8, 4) is 11.8 Å². The highest BCUT2D eigenvalue weighted by molar-refractivity contribution is 6.28. The van der Waals surface area contributed by atoms with Crippen molar-refractivity contribution in [3.63, 3.8) is 0 Å². The summed E-state index contributed by atoms with van der Waals surface area (Å²) in [5.74, 6) is 5.81. The van der Waals surface area contributed by atoms with Crippen LogP contribution in [0.25, 0.3) is 0 Å². The molecular formula is C22H13NO2. The molecule has 3 heteroatoms. The fourth-order valence-electron chi connectivity index (χ4n) is 2.89. The zero-order chi connectivity index (χ0) is 17.4. The Balaban J connectivity index is 1.75. The molecule has 3 aromatic carbocycles. The Morgan fingerprint density at radius 2 is 1.12 bits per heavy atom. The van der Waals surface area contributed by atoms with Gasteiger partial charge in [-0.1, -0.05) is 36.1 Å². The van der Waals surface area contributed by atoms with Crippen LogP contribution in [-0.2, 0) is 0 Å². The van der Waals surface area contributed by atoms with Crippen molar-refractivity contribution in [1.29, 1.82) is 0 Å². The third-order valence-electron chi connectivity index (χ3n) is 4.19. The topological polar surface area (TPSA) is 60.2 Å². The van der Waals surface area contributed by atoms with E-state index in [1.54, 1.807) is 54.6 Å². The fourth-order valence-corrected chi connectivity index (χ4v) is 2.89. The second kappa shape index (κ2) is 5.77. The zero-order valence-electron chi connectivity index (χ0n) is 13.2. The van der Waals surface area contributed by atoms with E-state index in [4.69, 9.17) is 5.73 Å². The summed E-state index contributed by atoms with van der Waals surface area (Å²) in [6.07, 6.45) is 0. The van der Waals surface area contributed by atoms with Crippen LogP contribution >= 0.6 is 0 Å². The maximum atomic E-state index is 12.7. The quantitative estimate of drug-likeness (QED) is 0.398. The molecule has 1 aliphatic carbocycles. The number of carbonyl (C=O) groups is 2. The highest BCUT2D eigenvalue weighted by atomic mass is 16.1. The molecule has 3 aromatic rings.